The zero-order valence-corrected chi connectivity index (χ0v) is 14.7. The summed E-state index contributed by atoms with van der Waals surface area (Å²) in [4.78, 5) is 23.9. The fourth-order valence-electron chi connectivity index (χ4n) is 2.58. The van der Waals surface area contributed by atoms with Gasteiger partial charge in [-0.1, -0.05) is 79.4 Å². The van der Waals surface area contributed by atoms with Crippen molar-refractivity contribution in [3.63, 3.8) is 0 Å². The quantitative estimate of drug-likeness (QED) is 0.260. The van der Waals surface area contributed by atoms with Crippen LogP contribution in [0.25, 0.3) is 17.2 Å². The Kier molecular flexibility index (Phi) is 5.75. The predicted molar refractivity (Wildman–Crippen MR) is 108 cm³/mol. The first-order valence-corrected chi connectivity index (χ1v) is 8.48. The topological polar surface area (TPSA) is 43.4 Å². The minimum absolute atomic E-state index is 0.125. The minimum atomic E-state index is -0.543. The molecule has 0 atom stereocenters. The monoisotopic (exact) mass is 354 g/mol. The molecule has 0 saturated carbocycles. The number of hydrogen-bond acceptors (Lipinski definition) is 3. The molecule has 3 heteroatoms. The van der Waals surface area contributed by atoms with Gasteiger partial charge < -0.3 is 4.74 Å². The summed E-state index contributed by atoms with van der Waals surface area (Å²) >= 11 is 0. The summed E-state index contributed by atoms with van der Waals surface area (Å²) in [7, 11) is 0. The van der Waals surface area contributed by atoms with E-state index < -0.39 is 5.97 Å². The summed E-state index contributed by atoms with van der Waals surface area (Å²) < 4.78 is 5.18. The van der Waals surface area contributed by atoms with Gasteiger partial charge in [-0.05, 0) is 29.3 Å². The maximum Gasteiger partial charge on any atom is 0.335 e. The lowest BCUT2D eigenvalue weighted by atomic mass is 10.0. The molecule has 0 saturated heterocycles. The summed E-state index contributed by atoms with van der Waals surface area (Å²) in [6, 6.07) is 24.4. The van der Waals surface area contributed by atoms with Crippen molar-refractivity contribution in [1.29, 1.82) is 0 Å². The van der Waals surface area contributed by atoms with E-state index in [1.54, 1.807) is 36.4 Å². The molecule has 27 heavy (non-hydrogen) atoms. The molecule has 0 unspecified atom stereocenters. The third-order valence-corrected chi connectivity index (χ3v) is 3.99. The number of esters is 1. The molecule has 0 aliphatic heterocycles. The predicted octanol–water partition coefficient (Wildman–Crippen LogP) is 5.34. The van der Waals surface area contributed by atoms with E-state index in [1.807, 2.05) is 48.5 Å². The highest BCUT2D eigenvalue weighted by atomic mass is 16.5. The molecule has 0 bridgehead atoms. The normalized spacial score (nSPS) is 10.5. The summed E-state index contributed by atoms with van der Waals surface area (Å²) in [5.41, 5.74) is 3.39. The lowest BCUT2D eigenvalue weighted by molar-refractivity contribution is -0.128. The van der Waals surface area contributed by atoms with Crippen molar-refractivity contribution in [1.82, 2.24) is 0 Å². The zero-order valence-electron chi connectivity index (χ0n) is 14.7. The van der Waals surface area contributed by atoms with E-state index in [-0.39, 0.29) is 5.78 Å². The van der Waals surface area contributed by atoms with Crippen LogP contribution in [0, 0.1) is 0 Å². The summed E-state index contributed by atoms with van der Waals surface area (Å²) in [5.74, 6) is -0.288. The number of hydrogen-bond donors (Lipinski definition) is 0. The number of ether oxygens (including phenoxy) is 1. The van der Waals surface area contributed by atoms with E-state index in [0.717, 1.165) is 17.2 Å². The van der Waals surface area contributed by atoms with Crippen LogP contribution in [-0.2, 0) is 4.79 Å². The Morgan fingerprint density at radius 3 is 2.11 bits per heavy atom. The van der Waals surface area contributed by atoms with Crippen molar-refractivity contribution < 1.29 is 14.3 Å². The molecular formula is C24H18O3. The Hall–Kier alpha value is -3.72. The smallest absolute Gasteiger partial charge is 0.335 e. The molecular weight excluding hydrogens is 336 g/mol. The standard InChI is InChI=1S/C24H18O3/c1-2-24(26)27-23-11-7-6-10-21(23)16-17-22(25)20-14-12-19(13-15-20)18-8-4-3-5-9-18/h2-17H,1H2. The highest BCUT2D eigenvalue weighted by Crippen LogP contribution is 2.21. The van der Waals surface area contributed by atoms with Gasteiger partial charge in [0.05, 0.1) is 0 Å². The maximum absolute atomic E-state index is 12.4. The van der Waals surface area contributed by atoms with Crippen LogP contribution in [0.15, 0.2) is 97.6 Å². The summed E-state index contributed by atoms with van der Waals surface area (Å²) in [6.07, 6.45) is 4.21. The van der Waals surface area contributed by atoms with Crippen LogP contribution in [-0.4, -0.2) is 11.8 Å². The second-order valence-electron chi connectivity index (χ2n) is 5.80. The number of carbonyl (C=O) groups is 2. The van der Waals surface area contributed by atoms with Gasteiger partial charge in [-0.25, -0.2) is 4.79 Å². The van der Waals surface area contributed by atoms with Crippen molar-refractivity contribution in [2.75, 3.05) is 0 Å². The highest BCUT2D eigenvalue weighted by molar-refractivity contribution is 6.07. The van der Waals surface area contributed by atoms with Gasteiger partial charge >= 0.3 is 5.97 Å². The average Bonchev–Trinajstić information content (AvgIpc) is 2.73. The first-order valence-electron chi connectivity index (χ1n) is 8.48. The Labute approximate surface area is 158 Å². The van der Waals surface area contributed by atoms with Crippen LogP contribution in [0.1, 0.15) is 15.9 Å². The van der Waals surface area contributed by atoms with Crippen LogP contribution >= 0.6 is 0 Å². The second-order valence-corrected chi connectivity index (χ2v) is 5.80. The Balaban J connectivity index is 1.76. The van der Waals surface area contributed by atoms with E-state index in [2.05, 4.69) is 6.58 Å². The number of allylic oxidation sites excluding steroid dienone is 1. The number of benzene rings is 3. The van der Waals surface area contributed by atoms with Crippen molar-refractivity contribution in [3.8, 4) is 16.9 Å². The summed E-state index contributed by atoms with van der Waals surface area (Å²) in [5, 5.41) is 0. The van der Waals surface area contributed by atoms with Gasteiger partial charge in [0.15, 0.2) is 5.78 Å². The first-order chi connectivity index (χ1) is 13.2. The second kappa shape index (κ2) is 8.59. The third kappa shape index (κ3) is 4.67. The molecule has 132 valence electrons. The van der Waals surface area contributed by atoms with Crippen LogP contribution in [0.3, 0.4) is 0 Å². The highest BCUT2D eigenvalue weighted by Gasteiger charge is 2.06. The van der Waals surface area contributed by atoms with Crippen molar-refractivity contribution in [3.05, 3.63) is 109 Å². The molecule has 3 aromatic carbocycles. The number of para-hydroxylation sites is 1. The molecule has 0 amide bonds. The molecule has 0 fully saturated rings. The molecule has 3 nitrogen and oxygen atoms in total. The maximum atomic E-state index is 12.4. The van der Waals surface area contributed by atoms with Gasteiger partial charge in [0, 0.05) is 17.2 Å². The van der Waals surface area contributed by atoms with Crippen LogP contribution < -0.4 is 4.74 Å². The Morgan fingerprint density at radius 2 is 1.41 bits per heavy atom. The van der Waals surface area contributed by atoms with Gasteiger partial charge in [0.25, 0.3) is 0 Å². The van der Waals surface area contributed by atoms with Crippen molar-refractivity contribution >= 4 is 17.8 Å². The fraction of sp³-hybridized carbons (Fsp3) is 0. The molecule has 3 aromatic rings. The van der Waals surface area contributed by atoms with Gasteiger partial charge in [0.1, 0.15) is 5.75 Å². The van der Waals surface area contributed by atoms with Gasteiger partial charge in [-0.15, -0.1) is 0 Å². The molecule has 0 N–H and O–H groups in total. The van der Waals surface area contributed by atoms with Gasteiger partial charge in [-0.2, -0.15) is 0 Å². The molecule has 0 spiro atoms. The largest absolute Gasteiger partial charge is 0.423 e. The molecule has 0 radical (unpaired) electrons. The van der Waals surface area contributed by atoms with Crippen LogP contribution in [0.5, 0.6) is 5.75 Å². The Bertz CT molecular complexity index is 984. The van der Waals surface area contributed by atoms with Crippen molar-refractivity contribution in [2.45, 2.75) is 0 Å². The average molecular weight is 354 g/mol. The van der Waals surface area contributed by atoms with E-state index >= 15 is 0 Å². The molecule has 0 heterocycles. The molecule has 0 aliphatic carbocycles. The number of ketones is 1. The summed E-state index contributed by atoms with van der Waals surface area (Å²) in [6.45, 7) is 3.38. The van der Waals surface area contributed by atoms with Gasteiger partial charge in [0.2, 0.25) is 0 Å². The van der Waals surface area contributed by atoms with E-state index in [4.69, 9.17) is 4.74 Å². The number of rotatable bonds is 6. The fourth-order valence-corrected chi connectivity index (χ4v) is 2.58. The third-order valence-electron chi connectivity index (χ3n) is 3.99. The van der Waals surface area contributed by atoms with Crippen molar-refractivity contribution in [2.24, 2.45) is 0 Å². The Morgan fingerprint density at radius 1 is 0.778 bits per heavy atom. The lowest BCUT2D eigenvalue weighted by Gasteiger charge is -2.05. The van der Waals surface area contributed by atoms with Gasteiger partial charge in [-0.3, -0.25) is 4.79 Å². The first kappa shape index (κ1) is 18.1. The van der Waals surface area contributed by atoms with E-state index in [1.165, 1.54) is 6.08 Å². The van der Waals surface area contributed by atoms with Crippen LogP contribution in [0.2, 0.25) is 0 Å². The zero-order chi connectivity index (χ0) is 19.1. The SMILES string of the molecule is C=CC(=O)Oc1ccccc1C=CC(=O)c1ccc(-c2ccccc2)cc1. The minimum Gasteiger partial charge on any atom is -0.423 e. The van der Waals surface area contributed by atoms with E-state index in [9.17, 15) is 9.59 Å². The molecule has 3 rings (SSSR count). The van der Waals surface area contributed by atoms with E-state index in [0.29, 0.717) is 16.9 Å². The number of carbonyl (C=O) groups excluding carboxylic acids is 2. The van der Waals surface area contributed by atoms with Crippen LogP contribution in [0.4, 0.5) is 0 Å². The lowest BCUT2D eigenvalue weighted by Crippen LogP contribution is -2.04. The molecule has 0 aliphatic rings. The molecule has 0 aromatic heterocycles.